The first-order valence-electron chi connectivity index (χ1n) is 4.83. The van der Waals surface area contributed by atoms with Gasteiger partial charge in [0.25, 0.3) is 0 Å². The topological polar surface area (TPSA) is 40.5 Å². The van der Waals surface area contributed by atoms with Gasteiger partial charge in [0, 0.05) is 12.5 Å². The van der Waals surface area contributed by atoms with E-state index in [9.17, 15) is 4.79 Å². The lowest BCUT2D eigenvalue weighted by Crippen LogP contribution is -2.32. The Hall–Kier alpha value is -0.570. The minimum absolute atomic E-state index is 0.289. The maximum atomic E-state index is 10.3. The van der Waals surface area contributed by atoms with Crippen LogP contribution in [0, 0.1) is 5.92 Å². The van der Waals surface area contributed by atoms with Gasteiger partial charge in [-0.1, -0.05) is 13.8 Å². The van der Waals surface area contributed by atoms with Crippen LogP contribution in [0.3, 0.4) is 0 Å². The number of aliphatic carboxylic acids is 1. The van der Waals surface area contributed by atoms with Crippen molar-refractivity contribution in [3.05, 3.63) is 0 Å². The molecule has 0 aromatic heterocycles. The van der Waals surface area contributed by atoms with Crippen LogP contribution in [-0.2, 0) is 4.79 Å². The summed E-state index contributed by atoms with van der Waals surface area (Å²) in [7, 11) is 4.09. The molecule has 0 aliphatic rings. The second-order valence-electron chi connectivity index (χ2n) is 4.06. The molecule has 3 nitrogen and oxygen atoms in total. The maximum absolute atomic E-state index is 10.3. The number of carbonyl (C=O) groups is 1. The summed E-state index contributed by atoms with van der Waals surface area (Å²) in [5.41, 5.74) is 0. The Morgan fingerprint density at radius 2 is 1.92 bits per heavy atom. The van der Waals surface area contributed by atoms with Crippen molar-refractivity contribution >= 4 is 5.97 Å². The average molecular weight is 187 g/mol. The van der Waals surface area contributed by atoms with Crippen LogP contribution in [0.1, 0.15) is 33.1 Å². The standard InChI is InChI=1S/C10H21NO2/c1-8(2)9(11(3)4)6-5-7-10(12)13/h8-9H,5-7H2,1-4H3,(H,12,13). The van der Waals surface area contributed by atoms with Gasteiger partial charge in [0.05, 0.1) is 0 Å². The highest BCUT2D eigenvalue weighted by Gasteiger charge is 2.15. The molecule has 0 rings (SSSR count). The fourth-order valence-corrected chi connectivity index (χ4v) is 1.65. The Bertz CT molecular complexity index is 147. The van der Waals surface area contributed by atoms with Crippen molar-refractivity contribution in [1.29, 1.82) is 0 Å². The van der Waals surface area contributed by atoms with E-state index in [1.54, 1.807) is 0 Å². The average Bonchev–Trinajstić information content (AvgIpc) is 1.95. The number of hydrogen-bond donors (Lipinski definition) is 1. The SMILES string of the molecule is CC(C)C(CCCC(=O)O)N(C)C. The van der Waals surface area contributed by atoms with Gasteiger partial charge in [-0.05, 0) is 32.9 Å². The van der Waals surface area contributed by atoms with Crippen molar-refractivity contribution in [2.24, 2.45) is 5.92 Å². The van der Waals surface area contributed by atoms with E-state index in [1.807, 2.05) is 14.1 Å². The number of rotatable bonds is 6. The van der Waals surface area contributed by atoms with E-state index < -0.39 is 5.97 Å². The minimum Gasteiger partial charge on any atom is -0.481 e. The summed E-state index contributed by atoms with van der Waals surface area (Å²) in [5, 5.41) is 8.49. The molecule has 1 atom stereocenters. The summed E-state index contributed by atoms with van der Waals surface area (Å²) < 4.78 is 0. The molecule has 1 unspecified atom stereocenters. The van der Waals surface area contributed by atoms with Crippen LogP contribution in [0.2, 0.25) is 0 Å². The molecule has 0 fully saturated rings. The molecule has 0 aromatic carbocycles. The molecule has 0 amide bonds. The third-order valence-corrected chi connectivity index (χ3v) is 2.32. The molecule has 0 saturated carbocycles. The summed E-state index contributed by atoms with van der Waals surface area (Å²) in [6.07, 6.45) is 2.03. The third-order valence-electron chi connectivity index (χ3n) is 2.32. The first-order valence-corrected chi connectivity index (χ1v) is 4.83. The normalized spacial score (nSPS) is 13.7. The highest BCUT2D eigenvalue weighted by Crippen LogP contribution is 2.14. The van der Waals surface area contributed by atoms with Crippen molar-refractivity contribution < 1.29 is 9.90 Å². The van der Waals surface area contributed by atoms with Crippen molar-refractivity contribution in [3.63, 3.8) is 0 Å². The van der Waals surface area contributed by atoms with Crippen LogP contribution in [-0.4, -0.2) is 36.1 Å². The number of hydrogen-bond acceptors (Lipinski definition) is 2. The second-order valence-corrected chi connectivity index (χ2v) is 4.06. The van der Waals surface area contributed by atoms with Gasteiger partial charge in [0.1, 0.15) is 0 Å². The highest BCUT2D eigenvalue weighted by molar-refractivity contribution is 5.66. The molecule has 3 heteroatoms. The van der Waals surface area contributed by atoms with Gasteiger partial charge in [0.15, 0.2) is 0 Å². The van der Waals surface area contributed by atoms with Crippen LogP contribution >= 0.6 is 0 Å². The van der Waals surface area contributed by atoms with Gasteiger partial charge in [-0.3, -0.25) is 4.79 Å². The first kappa shape index (κ1) is 12.4. The second kappa shape index (κ2) is 5.97. The molecule has 1 N–H and O–H groups in total. The Labute approximate surface area is 80.7 Å². The molecule has 0 spiro atoms. The van der Waals surface area contributed by atoms with Gasteiger partial charge in [-0.15, -0.1) is 0 Å². The minimum atomic E-state index is -0.693. The van der Waals surface area contributed by atoms with Gasteiger partial charge in [-0.2, -0.15) is 0 Å². The number of carboxylic acid groups (broad SMARTS) is 1. The van der Waals surface area contributed by atoms with Crippen LogP contribution in [0.4, 0.5) is 0 Å². The van der Waals surface area contributed by atoms with Crippen LogP contribution < -0.4 is 0 Å². The Morgan fingerprint density at radius 3 is 2.23 bits per heavy atom. The van der Waals surface area contributed by atoms with Gasteiger partial charge < -0.3 is 10.0 Å². The predicted octanol–water partition coefficient (Wildman–Crippen LogP) is 1.83. The van der Waals surface area contributed by atoms with Crippen molar-refractivity contribution in [3.8, 4) is 0 Å². The fourth-order valence-electron chi connectivity index (χ4n) is 1.65. The molecular formula is C10H21NO2. The van der Waals surface area contributed by atoms with E-state index in [1.165, 1.54) is 0 Å². The van der Waals surface area contributed by atoms with Crippen LogP contribution in [0.5, 0.6) is 0 Å². The Balaban J connectivity index is 3.77. The van der Waals surface area contributed by atoms with Gasteiger partial charge >= 0.3 is 5.97 Å². The summed E-state index contributed by atoms with van der Waals surface area (Å²) in [5.74, 6) is -0.106. The first-order chi connectivity index (χ1) is 5.95. The van der Waals surface area contributed by atoms with Gasteiger partial charge in [0.2, 0.25) is 0 Å². The molecule has 0 radical (unpaired) electrons. The smallest absolute Gasteiger partial charge is 0.303 e. The van der Waals surface area contributed by atoms with Crippen molar-refractivity contribution in [2.75, 3.05) is 14.1 Å². The van der Waals surface area contributed by atoms with E-state index in [4.69, 9.17) is 5.11 Å². The van der Waals surface area contributed by atoms with Gasteiger partial charge in [-0.25, -0.2) is 0 Å². The maximum Gasteiger partial charge on any atom is 0.303 e. The number of carboxylic acids is 1. The van der Waals surface area contributed by atoms with E-state index in [0.29, 0.717) is 12.0 Å². The van der Waals surface area contributed by atoms with Crippen LogP contribution in [0.15, 0.2) is 0 Å². The molecule has 0 heterocycles. The largest absolute Gasteiger partial charge is 0.481 e. The van der Waals surface area contributed by atoms with Crippen LogP contribution in [0.25, 0.3) is 0 Å². The fraction of sp³-hybridized carbons (Fsp3) is 0.900. The summed E-state index contributed by atoms with van der Waals surface area (Å²) in [6.45, 7) is 4.34. The Kier molecular flexibility index (Phi) is 5.71. The van der Waals surface area contributed by atoms with E-state index in [2.05, 4.69) is 18.7 Å². The number of nitrogens with zero attached hydrogens (tertiary/aromatic N) is 1. The molecule has 0 aliphatic carbocycles. The third kappa shape index (κ3) is 5.64. The Morgan fingerprint density at radius 1 is 1.38 bits per heavy atom. The lowest BCUT2D eigenvalue weighted by Gasteiger charge is -2.27. The molecule has 0 aromatic rings. The molecule has 78 valence electrons. The molecule has 0 saturated heterocycles. The van der Waals surface area contributed by atoms with E-state index in [0.717, 1.165) is 12.8 Å². The summed E-state index contributed by atoms with van der Waals surface area (Å²) >= 11 is 0. The lowest BCUT2D eigenvalue weighted by atomic mass is 9.97. The zero-order valence-corrected chi connectivity index (χ0v) is 9.08. The van der Waals surface area contributed by atoms with E-state index >= 15 is 0 Å². The van der Waals surface area contributed by atoms with E-state index in [-0.39, 0.29) is 6.42 Å². The molecular weight excluding hydrogens is 166 g/mol. The molecule has 0 bridgehead atoms. The highest BCUT2D eigenvalue weighted by atomic mass is 16.4. The lowest BCUT2D eigenvalue weighted by molar-refractivity contribution is -0.137. The summed E-state index contributed by atoms with van der Waals surface area (Å²) in [6, 6.07) is 0.499. The van der Waals surface area contributed by atoms with Crippen molar-refractivity contribution in [1.82, 2.24) is 4.90 Å². The predicted molar refractivity (Wildman–Crippen MR) is 53.8 cm³/mol. The van der Waals surface area contributed by atoms with Crippen molar-refractivity contribution in [2.45, 2.75) is 39.2 Å². The summed E-state index contributed by atoms with van der Waals surface area (Å²) in [4.78, 5) is 12.5. The molecule has 0 aliphatic heterocycles. The monoisotopic (exact) mass is 187 g/mol. The molecule has 13 heavy (non-hydrogen) atoms. The zero-order valence-electron chi connectivity index (χ0n) is 9.08. The quantitative estimate of drug-likeness (QED) is 0.689. The zero-order chi connectivity index (χ0) is 10.4.